The SMILES string of the molecule is CC1=Cc2c(-c3ccc(C(C)(C)C)cc3)ccc(C)c2[CH]1[Zr]([CH3])([CH3])(=[SiH2])[CH]1C(C(C)C)=Cc2c(-c3cccc4ccccc34)cccc21.Cl.Cl. The molecule has 2 aliphatic carbocycles. The van der Waals surface area contributed by atoms with Gasteiger partial charge in [-0.25, -0.2) is 0 Å². The van der Waals surface area contributed by atoms with Crippen molar-refractivity contribution in [3.05, 3.63) is 142 Å². The molecule has 0 aliphatic heterocycles. The van der Waals surface area contributed by atoms with Crippen molar-refractivity contribution in [1.82, 2.24) is 0 Å². The van der Waals surface area contributed by atoms with Crippen LogP contribution in [0.3, 0.4) is 0 Å². The molecule has 0 saturated carbocycles. The van der Waals surface area contributed by atoms with Crippen LogP contribution in [-0.4, -0.2) is 6.88 Å². The van der Waals surface area contributed by atoms with Crippen LogP contribution in [0.15, 0.2) is 108 Å². The second-order valence-electron chi connectivity index (χ2n) is 16.9. The minimum absolute atomic E-state index is 0. The minimum Gasteiger partial charge on any atom is -0.147 e. The first-order valence-electron chi connectivity index (χ1n) is 17.5. The predicted octanol–water partition coefficient (Wildman–Crippen LogP) is 13.2. The molecule has 49 heavy (non-hydrogen) atoms. The number of fused-ring (bicyclic) bond motifs is 3. The van der Waals surface area contributed by atoms with Crippen molar-refractivity contribution < 1.29 is 17.4 Å². The van der Waals surface area contributed by atoms with E-state index < -0.39 is 17.4 Å². The Hall–Kier alpha value is -2.48. The first-order chi connectivity index (χ1) is 22.2. The maximum absolute atomic E-state index is 3.74. The van der Waals surface area contributed by atoms with Gasteiger partial charge in [0.2, 0.25) is 0 Å². The molecule has 0 heterocycles. The summed E-state index contributed by atoms with van der Waals surface area (Å²) in [5.74, 6) is 0.490. The molecule has 0 amide bonds. The van der Waals surface area contributed by atoms with Gasteiger partial charge < -0.3 is 0 Å². The molecule has 254 valence electrons. The molecule has 0 aromatic heterocycles. The zero-order valence-corrected chi connectivity index (χ0v) is 36.2. The zero-order valence-electron chi connectivity index (χ0n) is 30.6. The van der Waals surface area contributed by atoms with Gasteiger partial charge in [0.25, 0.3) is 0 Å². The first-order valence-corrected chi connectivity index (χ1v) is 31.2. The number of aryl methyl sites for hydroxylation is 1. The van der Waals surface area contributed by atoms with Crippen molar-refractivity contribution in [3.63, 3.8) is 0 Å². The molecular formula is C45H52Cl2SiZr. The molecule has 0 saturated heterocycles. The van der Waals surface area contributed by atoms with Gasteiger partial charge in [-0.15, -0.1) is 24.8 Å². The Bertz CT molecular complexity index is 2200. The Morgan fingerprint density at radius 3 is 1.96 bits per heavy atom. The van der Waals surface area contributed by atoms with E-state index >= 15 is 0 Å². The van der Waals surface area contributed by atoms with E-state index in [1.807, 2.05) is 0 Å². The molecule has 0 spiro atoms. The molecule has 0 N–H and O–H groups in total. The maximum Gasteiger partial charge on any atom is -0.147 e. The van der Waals surface area contributed by atoms with Gasteiger partial charge in [0.1, 0.15) is 0 Å². The summed E-state index contributed by atoms with van der Waals surface area (Å²) in [4.78, 5) is 0. The Morgan fingerprint density at radius 2 is 1.29 bits per heavy atom. The third kappa shape index (κ3) is 6.24. The molecule has 4 heteroatoms. The normalized spacial score (nSPS) is 17.2. The van der Waals surface area contributed by atoms with Crippen LogP contribution in [0.2, 0.25) is 9.26 Å². The largest absolute Gasteiger partial charge is 0.147 e. The number of hydrogen-bond acceptors (Lipinski definition) is 0. The molecule has 0 fully saturated rings. The fraction of sp³-hybridized carbons (Fsp3) is 0.289. The summed E-state index contributed by atoms with van der Waals surface area (Å²) >= 11 is -3.74. The summed E-state index contributed by atoms with van der Waals surface area (Å²) in [5, 5.41) is 2.64. The summed E-state index contributed by atoms with van der Waals surface area (Å²) in [5.41, 5.74) is 17.7. The van der Waals surface area contributed by atoms with Crippen LogP contribution < -0.4 is 0 Å². The summed E-state index contributed by atoms with van der Waals surface area (Å²) in [6.45, 7) is 19.0. The van der Waals surface area contributed by atoms with E-state index in [9.17, 15) is 0 Å². The average molecular weight is 783 g/mol. The van der Waals surface area contributed by atoms with E-state index in [4.69, 9.17) is 0 Å². The predicted molar refractivity (Wildman–Crippen MR) is 221 cm³/mol. The van der Waals surface area contributed by atoms with E-state index in [-0.39, 0.29) is 30.2 Å². The van der Waals surface area contributed by atoms with Crippen molar-refractivity contribution in [2.75, 3.05) is 0 Å². The van der Waals surface area contributed by atoms with Crippen LogP contribution in [0.4, 0.5) is 0 Å². The molecule has 0 radical (unpaired) electrons. The van der Waals surface area contributed by atoms with E-state index in [1.54, 1.807) is 22.3 Å². The molecule has 7 rings (SSSR count). The van der Waals surface area contributed by atoms with Crippen LogP contribution in [0, 0.1) is 12.8 Å². The van der Waals surface area contributed by atoms with Gasteiger partial charge in [0.15, 0.2) is 0 Å². The van der Waals surface area contributed by atoms with Crippen molar-refractivity contribution in [1.29, 1.82) is 0 Å². The van der Waals surface area contributed by atoms with Gasteiger partial charge in [-0.05, 0) is 0 Å². The second-order valence-corrected chi connectivity index (χ2v) is 47.4. The van der Waals surface area contributed by atoms with Crippen LogP contribution in [-0.2, 0) is 22.8 Å². The van der Waals surface area contributed by atoms with Gasteiger partial charge in [0.05, 0.1) is 0 Å². The quantitative estimate of drug-likeness (QED) is 0.156. The smallest absolute Gasteiger partial charge is 0.147 e. The molecule has 2 unspecified atom stereocenters. The second kappa shape index (κ2) is 13.2. The Labute approximate surface area is 309 Å². The Morgan fingerprint density at radius 1 is 0.653 bits per heavy atom. The molecule has 2 atom stereocenters. The van der Waals surface area contributed by atoms with Crippen LogP contribution in [0.25, 0.3) is 45.2 Å². The monoisotopic (exact) mass is 780 g/mol. The van der Waals surface area contributed by atoms with Gasteiger partial charge in [-0.2, -0.15) is 0 Å². The van der Waals surface area contributed by atoms with Gasteiger partial charge in [-0.1, -0.05) is 0 Å². The van der Waals surface area contributed by atoms with Gasteiger partial charge in [-0.3, -0.25) is 0 Å². The molecule has 5 aromatic carbocycles. The van der Waals surface area contributed by atoms with Gasteiger partial charge >= 0.3 is 287 Å². The minimum atomic E-state index is -3.74. The number of halogens is 2. The summed E-state index contributed by atoms with van der Waals surface area (Å²) in [7, 11) is 0. The van der Waals surface area contributed by atoms with Crippen molar-refractivity contribution in [2.45, 2.75) is 70.4 Å². The summed E-state index contributed by atoms with van der Waals surface area (Å²) in [6.07, 6.45) is 5.18. The molecule has 2 aliphatic rings. The van der Waals surface area contributed by atoms with Crippen LogP contribution in [0.5, 0.6) is 0 Å². The number of benzene rings is 5. The van der Waals surface area contributed by atoms with Crippen molar-refractivity contribution >= 4 is 54.6 Å². The molecular weight excluding hydrogens is 731 g/mol. The van der Waals surface area contributed by atoms with E-state index in [2.05, 4.69) is 174 Å². The van der Waals surface area contributed by atoms with Crippen LogP contribution in [0.1, 0.15) is 82.2 Å². The Balaban J connectivity index is 0.00000234. The number of allylic oxidation sites excluding steroid dienone is 2. The summed E-state index contributed by atoms with van der Waals surface area (Å²) in [6, 6.07) is 37.0. The number of hydrogen-bond donors (Lipinski definition) is 0. The first kappa shape index (κ1) is 37.8. The van der Waals surface area contributed by atoms with E-state index in [0.717, 1.165) is 0 Å². The summed E-state index contributed by atoms with van der Waals surface area (Å²) < 4.78 is 6.55. The average Bonchev–Trinajstić information content (AvgIpc) is 3.61. The van der Waals surface area contributed by atoms with Crippen LogP contribution >= 0.6 is 24.8 Å². The topological polar surface area (TPSA) is 0 Å². The third-order valence-electron chi connectivity index (χ3n) is 11.4. The van der Waals surface area contributed by atoms with Gasteiger partial charge in [0, 0.05) is 0 Å². The molecule has 0 nitrogen and oxygen atoms in total. The number of rotatable bonds is 5. The molecule has 5 aromatic rings. The maximum atomic E-state index is 2.78. The fourth-order valence-corrected chi connectivity index (χ4v) is 29.9. The zero-order chi connectivity index (χ0) is 33.5. The Kier molecular flexibility index (Phi) is 10.2. The van der Waals surface area contributed by atoms with Crippen molar-refractivity contribution in [2.24, 2.45) is 5.92 Å². The third-order valence-corrected chi connectivity index (χ3v) is 29.0. The van der Waals surface area contributed by atoms with E-state index in [1.165, 1.54) is 55.3 Å². The van der Waals surface area contributed by atoms with Crippen molar-refractivity contribution in [3.8, 4) is 22.3 Å². The fourth-order valence-electron chi connectivity index (χ4n) is 9.29. The standard InChI is InChI=1S/C22H19.C21H23.2CH3.2ClH.H2Si.Zr/c1-15(2)18-13-17-9-6-12-21(22(17)14-18)20-11-5-8-16-7-3-4-10-19(16)20;1-14-12-19-15(2)6-11-18(20(19)13-14)16-7-9-17(10-8-16)21(3,4)5;;;;;;/h3-15H,1-2H3;6-13H,1-5H3;2*1H3;2*1H;1H2;. The molecule has 0 bridgehead atoms. The van der Waals surface area contributed by atoms with E-state index in [0.29, 0.717) is 13.2 Å².